The van der Waals surface area contributed by atoms with Gasteiger partial charge in [0, 0.05) is 28.4 Å². The van der Waals surface area contributed by atoms with Gasteiger partial charge in [-0.3, -0.25) is 14.3 Å². The number of thiophene rings is 1. The third kappa shape index (κ3) is 2.84. The number of fused-ring (bicyclic) bond motifs is 3. The first-order valence-corrected chi connectivity index (χ1v) is 10.2. The Kier molecular flexibility index (Phi) is 4.29. The molecule has 0 aliphatic rings. The van der Waals surface area contributed by atoms with Crippen molar-refractivity contribution in [2.45, 2.75) is 20.4 Å². The summed E-state index contributed by atoms with van der Waals surface area (Å²) in [5.41, 5.74) is 2.51. The zero-order valence-corrected chi connectivity index (χ0v) is 17.2. The van der Waals surface area contributed by atoms with Crippen LogP contribution in [0.2, 0.25) is 0 Å². The van der Waals surface area contributed by atoms with Crippen LogP contribution in [-0.4, -0.2) is 29.9 Å². The number of ketones is 1. The molecule has 0 radical (unpaired) electrons. The summed E-state index contributed by atoms with van der Waals surface area (Å²) in [6.07, 6.45) is 3.32. The van der Waals surface area contributed by atoms with Crippen molar-refractivity contribution < 1.29 is 4.79 Å². The van der Waals surface area contributed by atoms with Gasteiger partial charge >= 0.3 is 5.69 Å². The summed E-state index contributed by atoms with van der Waals surface area (Å²) in [7, 11) is 0. The van der Waals surface area contributed by atoms with E-state index in [-0.39, 0.29) is 18.0 Å². The monoisotopic (exact) mass is 415 g/mol. The molecule has 0 N–H and O–H groups in total. The lowest BCUT2D eigenvalue weighted by Gasteiger charge is -2.08. The number of Topliss-reactive ketones (excluding diaryl/α,β-unsaturated/α-hetero) is 1. The third-order valence-corrected chi connectivity index (χ3v) is 6.42. The SMILES string of the molecule is Cc1sc2c(c1C)c1nc(-c3ccncc3)nn1c(=O)n2CC(=O)c1ccccc1. The van der Waals surface area contributed by atoms with Crippen molar-refractivity contribution in [3.05, 3.63) is 81.3 Å². The van der Waals surface area contributed by atoms with Crippen molar-refractivity contribution in [3.8, 4) is 11.4 Å². The van der Waals surface area contributed by atoms with E-state index in [9.17, 15) is 9.59 Å². The van der Waals surface area contributed by atoms with Gasteiger partial charge in [-0.25, -0.2) is 9.78 Å². The van der Waals surface area contributed by atoms with E-state index in [1.807, 2.05) is 32.0 Å². The normalized spacial score (nSPS) is 11.4. The fourth-order valence-corrected chi connectivity index (χ4v) is 4.64. The van der Waals surface area contributed by atoms with Gasteiger partial charge in [-0.2, -0.15) is 4.52 Å². The molecule has 4 heterocycles. The maximum atomic E-state index is 13.3. The summed E-state index contributed by atoms with van der Waals surface area (Å²) < 4.78 is 2.81. The predicted molar refractivity (Wildman–Crippen MR) is 116 cm³/mol. The van der Waals surface area contributed by atoms with Crippen molar-refractivity contribution >= 4 is 33.0 Å². The van der Waals surface area contributed by atoms with Gasteiger partial charge in [-0.05, 0) is 31.5 Å². The topological polar surface area (TPSA) is 82.2 Å². The van der Waals surface area contributed by atoms with E-state index in [1.54, 1.807) is 36.7 Å². The van der Waals surface area contributed by atoms with Crippen LogP contribution in [0.3, 0.4) is 0 Å². The van der Waals surface area contributed by atoms with Crippen LogP contribution in [-0.2, 0) is 6.54 Å². The first-order chi connectivity index (χ1) is 14.5. The van der Waals surface area contributed by atoms with Crippen LogP contribution in [0.1, 0.15) is 20.8 Å². The second kappa shape index (κ2) is 7.00. The molecule has 5 aromatic rings. The Morgan fingerprint density at radius 3 is 2.53 bits per heavy atom. The molecular weight excluding hydrogens is 398 g/mol. The van der Waals surface area contributed by atoms with Crippen LogP contribution in [0, 0.1) is 13.8 Å². The Morgan fingerprint density at radius 1 is 1.07 bits per heavy atom. The fraction of sp³-hybridized carbons (Fsp3) is 0.136. The lowest BCUT2D eigenvalue weighted by atomic mass is 10.1. The molecule has 0 bridgehead atoms. The van der Waals surface area contributed by atoms with Gasteiger partial charge in [0.05, 0.1) is 11.9 Å². The Labute approximate surface area is 175 Å². The van der Waals surface area contributed by atoms with Crippen molar-refractivity contribution in [2.24, 2.45) is 0 Å². The van der Waals surface area contributed by atoms with Crippen LogP contribution in [0.4, 0.5) is 0 Å². The first-order valence-electron chi connectivity index (χ1n) is 9.42. The van der Waals surface area contributed by atoms with E-state index in [0.29, 0.717) is 17.0 Å². The van der Waals surface area contributed by atoms with Crippen molar-refractivity contribution in [2.75, 3.05) is 0 Å². The number of pyridine rings is 1. The zero-order chi connectivity index (χ0) is 20.8. The second-order valence-electron chi connectivity index (χ2n) is 7.03. The molecular formula is C22H17N5O2S. The maximum Gasteiger partial charge on any atom is 0.352 e. The van der Waals surface area contributed by atoms with E-state index >= 15 is 0 Å². The molecule has 30 heavy (non-hydrogen) atoms. The van der Waals surface area contributed by atoms with E-state index < -0.39 is 0 Å². The molecule has 0 amide bonds. The molecule has 0 saturated heterocycles. The van der Waals surface area contributed by atoms with Crippen LogP contribution in [0.15, 0.2) is 59.7 Å². The van der Waals surface area contributed by atoms with Gasteiger partial charge in [-0.1, -0.05) is 30.3 Å². The molecule has 148 valence electrons. The predicted octanol–water partition coefficient (Wildman–Crippen LogP) is 3.67. The highest BCUT2D eigenvalue weighted by molar-refractivity contribution is 7.19. The molecule has 7 nitrogen and oxygen atoms in total. The molecule has 0 atom stereocenters. The number of carbonyl (C=O) groups excluding carboxylic acids is 1. The van der Waals surface area contributed by atoms with Gasteiger partial charge in [-0.15, -0.1) is 16.4 Å². The van der Waals surface area contributed by atoms with Gasteiger partial charge in [0.15, 0.2) is 17.3 Å². The van der Waals surface area contributed by atoms with E-state index in [4.69, 9.17) is 0 Å². The minimum absolute atomic E-state index is 0.0564. The van der Waals surface area contributed by atoms with E-state index in [0.717, 1.165) is 26.2 Å². The molecule has 1 aromatic carbocycles. The smallest absolute Gasteiger partial charge is 0.292 e. The highest BCUT2D eigenvalue weighted by atomic mass is 32.1. The average molecular weight is 415 g/mol. The number of nitrogens with zero attached hydrogens (tertiary/aromatic N) is 5. The second-order valence-corrected chi connectivity index (χ2v) is 8.23. The average Bonchev–Trinajstić information content (AvgIpc) is 3.34. The minimum atomic E-state index is -0.379. The summed E-state index contributed by atoms with van der Waals surface area (Å²) in [5, 5.41) is 5.31. The number of aromatic nitrogens is 5. The van der Waals surface area contributed by atoms with Crippen LogP contribution < -0.4 is 5.69 Å². The third-order valence-electron chi connectivity index (χ3n) is 5.19. The lowest BCUT2D eigenvalue weighted by Crippen LogP contribution is -2.30. The van der Waals surface area contributed by atoms with Gasteiger partial charge in [0.2, 0.25) is 0 Å². The highest BCUT2D eigenvalue weighted by Crippen LogP contribution is 2.32. The Hall–Kier alpha value is -3.65. The van der Waals surface area contributed by atoms with E-state index in [1.165, 1.54) is 20.4 Å². The van der Waals surface area contributed by atoms with Crippen molar-refractivity contribution in [3.63, 3.8) is 0 Å². The number of hydrogen-bond donors (Lipinski definition) is 0. The molecule has 0 unspecified atom stereocenters. The quantitative estimate of drug-likeness (QED) is 0.418. The number of carbonyl (C=O) groups is 1. The van der Waals surface area contributed by atoms with Crippen LogP contribution in [0.25, 0.3) is 27.3 Å². The van der Waals surface area contributed by atoms with Gasteiger partial charge in [0.1, 0.15) is 4.83 Å². The molecule has 8 heteroatoms. The van der Waals surface area contributed by atoms with Crippen LogP contribution >= 0.6 is 11.3 Å². The molecule has 0 saturated carbocycles. The minimum Gasteiger partial charge on any atom is -0.292 e. The van der Waals surface area contributed by atoms with E-state index in [2.05, 4.69) is 15.1 Å². The molecule has 0 aliphatic carbocycles. The number of rotatable bonds is 4. The first kappa shape index (κ1) is 18.4. The molecule has 0 spiro atoms. The summed E-state index contributed by atoms with van der Waals surface area (Å²) in [5.74, 6) is 0.322. The van der Waals surface area contributed by atoms with Crippen LogP contribution in [0.5, 0.6) is 0 Å². The maximum absolute atomic E-state index is 13.3. The lowest BCUT2D eigenvalue weighted by molar-refractivity contribution is 0.0972. The number of hydrogen-bond acceptors (Lipinski definition) is 6. The fourth-order valence-electron chi connectivity index (χ4n) is 3.49. The Balaban J connectivity index is 1.76. The highest BCUT2D eigenvalue weighted by Gasteiger charge is 2.21. The Bertz CT molecular complexity index is 1470. The van der Waals surface area contributed by atoms with Crippen molar-refractivity contribution in [1.82, 2.24) is 24.1 Å². The molecule has 5 rings (SSSR count). The van der Waals surface area contributed by atoms with Gasteiger partial charge in [0.25, 0.3) is 0 Å². The summed E-state index contributed by atoms with van der Waals surface area (Å²) in [6.45, 7) is 3.95. The standard InChI is InChI=1S/C22H17N5O2S/c1-13-14(2)30-21-18(13)20-24-19(16-8-10-23-11-9-16)25-27(20)22(29)26(21)12-17(28)15-6-4-3-5-7-15/h3-11H,12H2,1-2H3. The Morgan fingerprint density at radius 2 is 1.80 bits per heavy atom. The molecule has 0 aliphatic heterocycles. The molecule has 4 aromatic heterocycles. The number of benzene rings is 1. The van der Waals surface area contributed by atoms with Gasteiger partial charge < -0.3 is 0 Å². The largest absolute Gasteiger partial charge is 0.352 e. The zero-order valence-electron chi connectivity index (χ0n) is 16.4. The number of aryl methyl sites for hydroxylation is 2. The summed E-state index contributed by atoms with van der Waals surface area (Å²) >= 11 is 1.50. The summed E-state index contributed by atoms with van der Waals surface area (Å²) in [4.78, 5) is 36.7. The molecule has 0 fully saturated rings. The summed E-state index contributed by atoms with van der Waals surface area (Å²) in [6, 6.07) is 12.6. The van der Waals surface area contributed by atoms with Crippen molar-refractivity contribution in [1.29, 1.82) is 0 Å².